The summed E-state index contributed by atoms with van der Waals surface area (Å²) in [5.74, 6) is -1.01. The molecule has 0 spiro atoms. The number of anilines is 2. The average molecular weight is 455 g/mol. The lowest BCUT2D eigenvalue weighted by Crippen LogP contribution is -2.37. The quantitative estimate of drug-likeness (QED) is 0.651. The summed E-state index contributed by atoms with van der Waals surface area (Å²) in [4.78, 5) is 42.6. The van der Waals surface area contributed by atoms with E-state index in [4.69, 9.17) is 4.74 Å². The van der Waals surface area contributed by atoms with Crippen molar-refractivity contribution in [1.29, 1.82) is 0 Å². The Hall–Kier alpha value is -3.46. The molecule has 1 N–H and O–H groups in total. The fourth-order valence-electron chi connectivity index (χ4n) is 4.12. The number of carbonyl (C=O) groups excluding carboxylic acids is 3. The summed E-state index contributed by atoms with van der Waals surface area (Å²) >= 11 is 0. The highest BCUT2D eigenvalue weighted by molar-refractivity contribution is 6.21. The molecule has 1 atom stereocenters. The third-order valence-corrected chi connectivity index (χ3v) is 5.93. The van der Waals surface area contributed by atoms with Gasteiger partial charge in [-0.1, -0.05) is 18.2 Å². The first kappa shape index (κ1) is 22.7. The van der Waals surface area contributed by atoms with Crippen molar-refractivity contribution in [2.45, 2.75) is 25.4 Å². The van der Waals surface area contributed by atoms with Crippen LogP contribution < -0.4 is 15.1 Å². The number of rotatable bonds is 7. The summed E-state index contributed by atoms with van der Waals surface area (Å²) in [6, 6.07) is 11.8. The third kappa shape index (κ3) is 5.14. The van der Waals surface area contributed by atoms with Crippen LogP contribution >= 0.6 is 0 Å². The maximum atomic E-state index is 13.2. The molecule has 2 heterocycles. The van der Waals surface area contributed by atoms with Crippen LogP contribution in [0.3, 0.4) is 0 Å². The molecule has 0 bridgehead atoms. The van der Waals surface area contributed by atoms with Gasteiger partial charge in [0.25, 0.3) is 5.91 Å². The Labute approximate surface area is 191 Å². The fraction of sp³-hybridized carbons (Fsp3) is 0.375. The number of halogens is 1. The molecule has 2 aliphatic heterocycles. The van der Waals surface area contributed by atoms with Gasteiger partial charge in [-0.15, -0.1) is 0 Å². The predicted octanol–water partition coefficient (Wildman–Crippen LogP) is 2.53. The lowest BCUT2D eigenvalue weighted by atomic mass is 10.1. The van der Waals surface area contributed by atoms with Gasteiger partial charge in [0.1, 0.15) is 11.9 Å². The van der Waals surface area contributed by atoms with Crippen molar-refractivity contribution >= 4 is 29.2 Å². The van der Waals surface area contributed by atoms with Crippen molar-refractivity contribution in [2.75, 3.05) is 43.2 Å². The van der Waals surface area contributed by atoms with Crippen molar-refractivity contribution in [3.8, 4) is 0 Å². The van der Waals surface area contributed by atoms with Gasteiger partial charge in [-0.05, 0) is 42.3 Å². The Morgan fingerprint density at radius 1 is 1.12 bits per heavy atom. The first-order valence-corrected chi connectivity index (χ1v) is 11.0. The largest absolute Gasteiger partial charge is 0.378 e. The molecule has 0 radical (unpaired) electrons. The van der Waals surface area contributed by atoms with Gasteiger partial charge in [-0.25, -0.2) is 14.1 Å². The second kappa shape index (κ2) is 9.99. The summed E-state index contributed by atoms with van der Waals surface area (Å²) in [5.41, 5.74) is 2.43. The highest BCUT2D eigenvalue weighted by Crippen LogP contribution is 2.24. The molecule has 0 saturated carbocycles. The zero-order valence-electron chi connectivity index (χ0n) is 18.5. The van der Waals surface area contributed by atoms with Gasteiger partial charge >= 0.3 is 6.03 Å². The molecular formula is C24H27FN4O4. The number of hydrogen-bond donors (Lipinski definition) is 1. The van der Waals surface area contributed by atoms with Crippen LogP contribution in [0.1, 0.15) is 18.4 Å². The number of nitrogens with one attached hydrogen (secondary N) is 1. The molecule has 9 heteroatoms. The molecular weight excluding hydrogens is 427 g/mol. The molecule has 2 fully saturated rings. The van der Waals surface area contributed by atoms with Crippen LogP contribution in [0.5, 0.6) is 0 Å². The second-order valence-electron chi connectivity index (χ2n) is 8.17. The van der Waals surface area contributed by atoms with Crippen LogP contribution in [-0.2, 0) is 20.9 Å². The topological polar surface area (TPSA) is 82.2 Å². The maximum absolute atomic E-state index is 13.2. The Balaban J connectivity index is 1.34. The molecule has 2 aromatic rings. The number of para-hydroxylation sites is 1. The summed E-state index contributed by atoms with van der Waals surface area (Å²) in [6.07, 6.45) is 0.306. The van der Waals surface area contributed by atoms with E-state index in [-0.39, 0.29) is 18.7 Å². The highest BCUT2D eigenvalue weighted by atomic mass is 19.1. The standard InChI is InChI=1S/C24H27FN4O4/c1-27(16-17-4-2-3-5-21(17)28-12-14-33-15-13-28)22(30)11-10-20-23(31)29(24(32)26-20)19-8-6-18(25)7-9-19/h2-9,20H,10-16H2,1H3,(H,26,32). The van der Waals surface area contributed by atoms with Gasteiger partial charge < -0.3 is 19.9 Å². The molecule has 2 aromatic carbocycles. The summed E-state index contributed by atoms with van der Waals surface area (Å²) in [7, 11) is 1.73. The summed E-state index contributed by atoms with van der Waals surface area (Å²) in [6.45, 7) is 3.42. The minimum atomic E-state index is -0.791. The number of amides is 4. The van der Waals surface area contributed by atoms with Crippen LogP contribution in [0.25, 0.3) is 0 Å². The van der Waals surface area contributed by atoms with E-state index in [1.165, 1.54) is 24.3 Å². The number of hydrogen-bond acceptors (Lipinski definition) is 5. The van der Waals surface area contributed by atoms with E-state index >= 15 is 0 Å². The highest BCUT2D eigenvalue weighted by Gasteiger charge is 2.39. The number of carbonyl (C=O) groups is 3. The van der Waals surface area contributed by atoms with E-state index in [0.29, 0.717) is 25.4 Å². The van der Waals surface area contributed by atoms with Crippen molar-refractivity contribution in [1.82, 2.24) is 10.2 Å². The van der Waals surface area contributed by atoms with E-state index in [9.17, 15) is 18.8 Å². The number of benzene rings is 2. The van der Waals surface area contributed by atoms with Crippen LogP contribution in [0.15, 0.2) is 48.5 Å². The van der Waals surface area contributed by atoms with E-state index in [1.54, 1.807) is 11.9 Å². The average Bonchev–Trinajstić information content (AvgIpc) is 3.12. The molecule has 4 rings (SSSR count). The SMILES string of the molecule is CN(Cc1ccccc1N1CCOCC1)C(=O)CCC1NC(=O)N(c2ccc(F)cc2)C1=O. The number of ether oxygens (including phenoxy) is 1. The van der Waals surface area contributed by atoms with Gasteiger partial charge in [0.15, 0.2) is 0 Å². The molecule has 2 saturated heterocycles. The van der Waals surface area contributed by atoms with Gasteiger partial charge in [-0.3, -0.25) is 9.59 Å². The van der Waals surface area contributed by atoms with Crippen molar-refractivity contribution in [3.63, 3.8) is 0 Å². The van der Waals surface area contributed by atoms with Gasteiger partial charge in [-0.2, -0.15) is 0 Å². The summed E-state index contributed by atoms with van der Waals surface area (Å²) < 4.78 is 18.6. The number of urea groups is 1. The number of morpholine rings is 1. The van der Waals surface area contributed by atoms with E-state index in [1.807, 2.05) is 18.2 Å². The molecule has 33 heavy (non-hydrogen) atoms. The Bertz CT molecular complexity index is 1020. The minimum Gasteiger partial charge on any atom is -0.378 e. The van der Waals surface area contributed by atoms with Crippen LogP contribution in [0, 0.1) is 5.82 Å². The van der Waals surface area contributed by atoms with Gasteiger partial charge in [0, 0.05) is 38.8 Å². The second-order valence-corrected chi connectivity index (χ2v) is 8.17. The summed E-state index contributed by atoms with van der Waals surface area (Å²) in [5, 5.41) is 2.62. The minimum absolute atomic E-state index is 0.115. The molecule has 8 nitrogen and oxygen atoms in total. The Morgan fingerprint density at radius 3 is 2.55 bits per heavy atom. The molecule has 0 aromatic heterocycles. The smallest absolute Gasteiger partial charge is 0.329 e. The lowest BCUT2D eigenvalue weighted by Gasteiger charge is -2.31. The van der Waals surface area contributed by atoms with Crippen molar-refractivity contribution < 1.29 is 23.5 Å². The molecule has 174 valence electrons. The molecule has 4 amide bonds. The monoisotopic (exact) mass is 454 g/mol. The van der Waals surface area contributed by atoms with Crippen molar-refractivity contribution in [3.05, 3.63) is 59.9 Å². The number of nitrogens with zero attached hydrogens (tertiary/aromatic N) is 3. The molecule has 2 aliphatic rings. The van der Waals surface area contributed by atoms with Gasteiger partial charge in [0.2, 0.25) is 5.91 Å². The Morgan fingerprint density at radius 2 is 1.82 bits per heavy atom. The van der Waals surface area contributed by atoms with E-state index in [0.717, 1.165) is 29.2 Å². The zero-order chi connectivity index (χ0) is 23.4. The van der Waals surface area contributed by atoms with Gasteiger partial charge in [0.05, 0.1) is 18.9 Å². The first-order chi connectivity index (χ1) is 15.9. The fourth-order valence-corrected chi connectivity index (χ4v) is 4.12. The van der Waals surface area contributed by atoms with E-state index < -0.39 is 23.8 Å². The molecule has 1 unspecified atom stereocenters. The predicted molar refractivity (Wildman–Crippen MR) is 121 cm³/mol. The van der Waals surface area contributed by atoms with E-state index in [2.05, 4.69) is 16.3 Å². The van der Waals surface area contributed by atoms with Crippen LogP contribution in [0.4, 0.5) is 20.6 Å². The molecule has 0 aliphatic carbocycles. The van der Waals surface area contributed by atoms with Crippen molar-refractivity contribution in [2.24, 2.45) is 0 Å². The lowest BCUT2D eigenvalue weighted by molar-refractivity contribution is -0.130. The maximum Gasteiger partial charge on any atom is 0.329 e. The zero-order valence-corrected chi connectivity index (χ0v) is 18.5. The van der Waals surface area contributed by atoms with Crippen LogP contribution in [0.2, 0.25) is 0 Å². The normalized spacial score (nSPS) is 18.4. The van der Waals surface area contributed by atoms with Crippen LogP contribution in [-0.4, -0.2) is 62.1 Å². The first-order valence-electron chi connectivity index (χ1n) is 11.0. The Kier molecular flexibility index (Phi) is 6.88. The third-order valence-electron chi connectivity index (χ3n) is 5.93. The number of imide groups is 1.